The lowest BCUT2D eigenvalue weighted by Crippen LogP contribution is -1.81. The molecule has 7 nitrogen and oxygen atoms in total. The fraction of sp³-hybridized carbons (Fsp3) is 0. The number of nitro groups is 1. The highest BCUT2D eigenvalue weighted by atomic mass is 32.1. The molecule has 0 fully saturated rings. The Labute approximate surface area is 81.3 Å². The molecule has 0 aromatic carbocycles. The van der Waals surface area contributed by atoms with E-state index in [1.54, 1.807) is 0 Å². The largest absolute Gasteiger partial charge is 0.403 e. The molecule has 0 saturated heterocycles. The third kappa shape index (κ3) is 1.42. The third-order valence-corrected chi connectivity index (χ3v) is 2.45. The normalized spacial score (nSPS) is 10.3. The first-order valence-electron chi connectivity index (χ1n) is 3.50. The van der Waals surface area contributed by atoms with Gasteiger partial charge in [-0.1, -0.05) is 16.4 Å². The highest BCUT2D eigenvalue weighted by Crippen LogP contribution is 2.31. The first kappa shape index (κ1) is 8.63. The minimum atomic E-state index is -0.478. The van der Waals surface area contributed by atoms with Crippen molar-refractivity contribution in [3.63, 3.8) is 0 Å². The van der Waals surface area contributed by atoms with E-state index in [0.29, 0.717) is 4.88 Å². The molecule has 8 heteroatoms. The molecule has 2 aromatic rings. The van der Waals surface area contributed by atoms with Gasteiger partial charge in [0, 0.05) is 6.07 Å². The molecule has 0 radical (unpaired) electrons. The van der Waals surface area contributed by atoms with Crippen LogP contribution in [0.4, 0.5) is 11.0 Å². The molecule has 2 rings (SSSR count). The van der Waals surface area contributed by atoms with Gasteiger partial charge >= 0.3 is 11.0 Å². The summed E-state index contributed by atoms with van der Waals surface area (Å²) in [5.41, 5.74) is 5.21. The number of nitrogens with zero attached hydrogens (tertiary/aromatic N) is 3. The van der Waals surface area contributed by atoms with Crippen LogP contribution in [0.5, 0.6) is 0 Å². The summed E-state index contributed by atoms with van der Waals surface area (Å²) in [5.74, 6) is 0.195. The van der Waals surface area contributed by atoms with Crippen molar-refractivity contribution in [3.05, 3.63) is 22.2 Å². The van der Waals surface area contributed by atoms with Crippen molar-refractivity contribution >= 4 is 22.4 Å². The van der Waals surface area contributed by atoms with E-state index >= 15 is 0 Å². The standard InChI is InChI=1S/C6H4N4O3S/c7-6-9-8-5(13-6)3-1-2-4(14-3)10(11)12/h1-2H,(H2,7,9). The van der Waals surface area contributed by atoms with E-state index in [4.69, 9.17) is 10.2 Å². The van der Waals surface area contributed by atoms with Gasteiger partial charge < -0.3 is 10.2 Å². The zero-order chi connectivity index (χ0) is 10.1. The number of rotatable bonds is 2. The Balaban J connectivity index is 2.38. The van der Waals surface area contributed by atoms with Crippen molar-refractivity contribution in [3.8, 4) is 10.8 Å². The van der Waals surface area contributed by atoms with Crippen molar-refractivity contribution in [1.82, 2.24) is 10.2 Å². The lowest BCUT2D eigenvalue weighted by molar-refractivity contribution is -0.380. The van der Waals surface area contributed by atoms with E-state index in [1.165, 1.54) is 12.1 Å². The Morgan fingerprint density at radius 1 is 1.50 bits per heavy atom. The van der Waals surface area contributed by atoms with Crippen molar-refractivity contribution in [2.75, 3.05) is 5.73 Å². The van der Waals surface area contributed by atoms with Crippen LogP contribution >= 0.6 is 11.3 Å². The fourth-order valence-electron chi connectivity index (χ4n) is 0.875. The lowest BCUT2D eigenvalue weighted by Gasteiger charge is -1.83. The van der Waals surface area contributed by atoms with E-state index < -0.39 is 4.92 Å². The molecule has 0 aliphatic carbocycles. The molecule has 0 bridgehead atoms. The number of thiophene rings is 1. The van der Waals surface area contributed by atoms with Crippen molar-refractivity contribution in [2.45, 2.75) is 0 Å². The fourth-order valence-corrected chi connectivity index (χ4v) is 1.62. The van der Waals surface area contributed by atoms with Crippen molar-refractivity contribution in [2.24, 2.45) is 0 Å². The van der Waals surface area contributed by atoms with Gasteiger partial charge in [-0.05, 0) is 6.07 Å². The summed E-state index contributed by atoms with van der Waals surface area (Å²) < 4.78 is 4.91. The van der Waals surface area contributed by atoms with Crippen LogP contribution in [0.2, 0.25) is 0 Å². The maximum atomic E-state index is 10.4. The van der Waals surface area contributed by atoms with Gasteiger partial charge in [0.25, 0.3) is 5.89 Å². The molecule has 2 aromatic heterocycles. The number of nitrogens with two attached hydrogens (primary N) is 1. The van der Waals surface area contributed by atoms with E-state index in [-0.39, 0.29) is 16.9 Å². The Bertz CT molecular complexity index is 477. The molecular weight excluding hydrogens is 208 g/mol. The van der Waals surface area contributed by atoms with E-state index in [2.05, 4.69) is 10.2 Å². The molecule has 0 saturated carbocycles. The Morgan fingerprint density at radius 3 is 2.79 bits per heavy atom. The molecule has 72 valence electrons. The van der Waals surface area contributed by atoms with E-state index in [9.17, 15) is 10.1 Å². The zero-order valence-electron chi connectivity index (χ0n) is 6.71. The number of hydrogen-bond acceptors (Lipinski definition) is 7. The monoisotopic (exact) mass is 212 g/mol. The van der Waals surface area contributed by atoms with Crippen LogP contribution in [0.3, 0.4) is 0 Å². The van der Waals surface area contributed by atoms with Crippen LogP contribution < -0.4 is 5.73 Å². The van der Waals surface area contributed by atoms with Gasteiger partial charge in [-0.15, -0.1) is 5.10 Å². The highest BCUT2D eigenvalue weighted by molar-refractivity contribution is 7.18. The van der Waals surface area contributed by atoms with Crippen molar-refractivity contribution in [1.29, 1.82) is 0 Å². The van der Waals surface area contributed by atoms with Gasteiger partial charge in [-0.3, -0.25) is 10.1 Å². The molecule has 0 amide bonds. The number of nitrogen functional groups attached to an aromatic ring is 1. The van der Waals surface area contributed by atoms with Crippen LogP contribution in [0.25, 0.3) is 10.8 Å². The minimum absolute atomic E-state index is 0.0248. The van der Waals surface area contributed by atoms with Gasteiger partial charge in [0.1, 0.15) is 0 Å². The second-order valence-electron chi connectivity index (χ2n) is 2.34. The van der Waals surface area contributed by atoms with Crippen LogP contribution in [0, 0.1) is 10.1 Å². The molecule has 0 spiro atoms. The molecule has 0 aliphatic rings. The van der Waals surface area contributed by atoms with Gasteiger partial charge in [0.15, 0.2) is 0 Å². The molecule has 0 atom stereocenters. The molecular formula is C6H4N4O3S. The summed E-state index contributed by atoms with van der Waals surface area (Å²) in [6.07, 6.45) is 0. The SMILES string of the molecule is Nc1nnc(-c2ccc([N+](=O)[O-])s2)o1. The van der Waals surface area contributed by atoms with Crippen molar-refractivity contribution < 1.29 is 9.34 Å². The van der Waals surface area contributed by atoms with Gasteiger partial charge in [0.2, 0.25) is 0 Å². The summed E-state index contributed by atoms with van der Waals surface area (Å²) in [4.78, 5) is 10.4. The maximum Gasteiger partial charge on any atom is 0.324 e. The predicted molar refractivity (Wildman–Crippen MR) is 48.7 cm³/mol. The average molecular weight is 212 g/mol. The molecule has 14 heavy (non-hydrogen) atoms. The first-order valence-corrected chi connectivity index (χ1v) is 4.32. The summed E-state index contributed by atoms with van der Waals surface area (Å²) in [7, 11) is 0. The topological polar surface area (TPSA) is 108 Å². The summed E-state index contributed by atoms with van der Waals surface area (Å²) in [6, 6.07) is 2.85. The van der Waals surface area contributed by atoms with Gasteiger partial charge in [-0.25, -0.2) is 0 Å². The van der Waals surface area contributed by atoms with Crippen LogP contribution in [-0.2, 0) is 0 Å². The Kier molecular flexibility index (Phi) is 1.89. The number of hydrogen-bond donors (Lipinski definition) is 1. The molecule has 0 aliphatic heterocycles. The third-order valence-electron chi connectivity index (χ3n) is 1.42. The van der Waals surface area contributed by atoms with Crippen LogP contribution in [0.1, 0.15) is 0 Å². The summed E-state index contributed by atoms with van der Waals surface area (Å²) in [5, 5.41) is 17.5. The number of aromatic nitrogens is 2. The molecule has 0 unspecified atom stereocenters. The van der Waals surface area contributed by atoms with Crippen LogP contribution in [0.15, 0.2) is 16.5 Å². The second kappa shape index (κ2) is 3.07. The quantitative estimate of drug-likeness (QED) is 0.593. The summed E-state index contributed by atoms with van der Waals surface area (Å²) >= 11 is 0.957. The number of anilines is 1. The summed E-state index contributed by atoms with van der Waals surface area (Å²) in [6.45, 7) is 0. The smallest absolute Gasteiger partial charge is 0.324 e. The van der Waals surface area contributed by atoms with E-state index in [1.807, 2.05) is 0 Å². The highest BCUT2D eigenvalue weighted by Gasteiger charge is 2.14. The van der Waals surface area contributed by atoms with Gasteiger partial charge in [0.05, 0.1) is 9.80 Å². The Morgan fingerprint density at radius 2 is 2.29 bits per heavy atom. The predicted octanol–water partition coefficient (Wildman–Crippen LogP) is 1.29. The average Bonchev–Trinajstić information content (AvgIpc) is 2.70. The lowest BCUT2D eigenvalue weighted by atomic mass is 10.5. The molecule has 2 N–H and O–H groups in total. The zero-order valence-corrected chi connectivity index (χ0v) is 7.52. The maximum absolute atomic E-state index is 10.4. The Hall–Kier alpha value is -1.96. The minimum Gasteiger partial charge on any atom is -0.403 e. The molecule has 2 heterocycles. The first-order chi connectivity index (χ1) is 6.66. The van der Waals surface area contributed by atoms with E-state index in [0.717, 1.165) is 11.3 Å². The second-order valence-corrected chi connectivity index (χ2v) is 3.40. The van der Waals surface area contributed by atoms with Crippen LogP contribution in [-0.4, -0.2) is 15.1 Å². The van der Waals surface area contributed by atoms with Gasteiger partial charge in [-0.2, -0.15) is 0 Å².